The molecule has 0 radical (unpaired) electrons. The lowest BCUT2D eigenvalue weighted by Crippen LogP contribution is -2.19. The number of nitrogens with zero attached hydrogens (tertiary/aromatic N) is 1. The zero-order chi connectivity index (χ0) is 22.3. The van der Waals surface area contributed by atoms with Crippen LogP contribution in [0.4, 0.5) is 0 Å². The number of benzene rings is 4. The number of hydrogen-bond donors (Lipinski definition) is 1. The summed E-state index contributed by atoms with van der Waals surface area (Å²) in [6.07, 6.45) is 1.74. The van der Waals surface area contributed by atoms with Gasteiger partial charge in [-0.3, -0.25) is 4.79 Å². The summed E-state index contributed by atoms with van der Waals surface area (Å²) in [5, 5.41) is 5.96. The van der Waals surface area contributed by atoms with Gasteiger partial charge in [-0.15, -0.1) is 0 Å². The molecule has 0 spiro atoms. The lowest BCUT2D eigenvalue weighted by atomic mass is 10.0. The molecule has 32 heavy (non-hydrogen) atoms. The van der Waals surface area contributed by atoms with Gasteiger partial charge in [0.25, 0.3) is 0 Å². The van der Waals surface area contributed by atoms with E-state index in [0.717, 1.165) is 21.9 Å². The maximum Gasteiger partial charge on any atom is 0.343 e. The Labute approximate surface area is 186 Å². The molecule has 4 rings (SSSR count). The van der Waals surface area contributed by atoms with Crippen LogP contribution in [0, 0.1) is 6.92 Å². The van der Waals surface area contributed by atoms with Crippen LogP contribution in [0.2, 0.25) is 0 Å². The van der Waals surface area contributed by atoms with Crippen molar-refractivity contribution in [2.24, 2.45) is 5.10 Å². The normalized spacial score (nSPS) is 10.9. The lowest BCUT2D eigenvalue weighted by molar-refractivity contribution is -0.120. The highest BCUT2D eigenvalue weighted by Crippen LogP contribution is 2.27. The highest BCUT2D eigenvalue weighted by atomic mass is 16.5. The summed E-state index contributed by atoms with van der Waals surface area (Å²) in [5.74, 6) is -0.311. The maximum atomic E-state index is 12.7. The molecule has 0 atom stereocenters. The first-order valence-electron chi connectivity index (χ1n) is 10.3. The molecule has 5 heteroatoms. The SMILES string of the molecule is Cc1cccc(C(=O)Oc2ccc3ccccc3c2/C=N\NC(=O)Cc2ccccc2)c1. The molecule has 0 aliphatic rings. The first-order chi connectivity index (χ1) is 15.6. The summed E-state index contributed by atoms with van der Waals surface area (Å²) in [4.78, 5) is 24.9. The Morgan fingerprint density at radius 3 is 2.50 bits per heavy atom. The summed E-state index contributed by atoms with van der Waals surface area (Å²) in [5.41, 5.74) is 5.51. The van der Waals surface area contributed by atoms with Gasteiger partial charge in [0.05, 0.1) is 18.2 Å². The molecule has 4 aromatic rings. The zero-order valence-electron chi connectivity index (χ0n) is 17.6. The molecular formula is C27H22N2O3. The Morgan fingerprint density at radius 2 is 1.69 bits per heavy atom. The molecule has 0 heterocycles. The fraction of sp³-hybridized carbons (Fsp3) is 0.0741. The molecule has 0 aliphatic carbocycles. The number of ether oxygens (including phenoxy) is 1. The van der Waals surface area contributed by atoms with E-state index in [2.05, 4.69) is 10.5 Å². The van der Waals surface area contributed by atoms with E-state index in [0.29, 0.717) is 16.9 Å². The van der Waals surface area contributed by atoms with E-state index in [1.807, 2.05) is 79.7 Å². The predicted octanol–water partition coefficient (Wildman–Crippen LogP) is 5.06. The van der Waals surface area contributed by atoms with E-state index in [1.165, 1.54) is 6.21 Å². The number of hydrazone groups is 1. The van der Waals surface area contributed by atoms with Crippen molar-refractivity contribution >= 4 is 28.9 Å². The van der Waals surface area contributed by atoms with Crippen LogP contribution in [-0.4, -0.2) is 18.1 Å². The van der Waals surface area contributed by atoms with Gasteiger partial charge in [-0.1, -0.05) is 78.4 Å². The lowest BCUT2D eigenvalue weighted by Gasteiger charge is -2.11. The van der Waals surface area contributed by atoms with E-state index in [4.69, 9.17) is 4.74 Å². The van der Waals surface area contributed by atoms with Crippen molar-refractivity contribution in [1.29, 1.82) is 0 Å². The highest BCUT2D eigenvalue weighted by Gasteiger charge is 2.14. The number of nitrogens with one attached hydrogen (secondary N) is 1. The van der Waals surface area contributed by atoms with Crippen LogP contribution in [0.15, 0.2) is 96.1 Å². The molecule has 0 aliphatic heterocycles. The van der Waals surface area contributed by atoms with E-state index in [1.54, 1.807) is 18.2 Å². The van der Waals surface area contributed by atoms with E-state index in [-0.39, 0.29) is 12.3 Å². The van der Waals surface area contributed by atoms with Crippen molar-refractivity contribution in [2.75, 3.05) is 0 Å². The first-order valence-corrected chi connectivity index (χ1v) is 10.3. The van der Waals surface area contributed by atoms with Crippen molar-refractivity contribution in [1.82, 2.24) is 5.43 Å². The van der Waals surface area contributed by atoms with Crippen LogP contribution >= 0.6 is 0 Å². The summed E-state index contributed by atoms with van der Waals surface area (Å²) in [7, 11) is 0. The second-order valence-corrected chi connectivity index (χ2v) is 7.41. The average molecular weight is 422 g/mol. The predicted molar refractivity (Wildman–Crippen MR) is 126 cm³/mol. The Kier molecular flexibility index (Phi) is 6.37. The molecule has 0 saturated carbocycles. The molecule has 0 bridgehead atoms. The van der Waals surface area contributed by atoms with E-state index in [9.17, 15) is 9.59 Å². The molecule has 0 saturated heterocycles. The standard InChI is InChI=1S/C27H22N2O3/c1-19-8-7-12-22(16-19)27(31)32-25-15-14-21-11-5-6-13-23(21)24(25)18-28-29-26(30)17-20-9-3-2-4-10-20/h2-16,18H,17H2,1H3,(H,29,30)/b28-18-. The third-order valence-electron chi connectivity index (χ3n) is 4.98. The number of hydrogen-bond acceptors (Lipinski definition) is 4. The maximum absolute atomic E-state index is 12.7. The van der Waals surface area contributed by atoms with Crippen LogP contribution in [0.5, 0.6) is 5.75 Å². The zero-order valence-corrected chi connectivity index (χ0v) is 17.6. The van der Waals surface area contributed by atoms with Gasteiger partial charge in [-0.2, -0.15) is 5.10 Å². The first kappa shape index (κ1) is 21.0. The Bertz CT molecular complexity index is 1300. The van der Waals surface area contributed by atoms with Gasteiger partial charge >= 0.3 is 5.97 Å². The van der Waals surface area contributed by atoms with Gasteiger partial charge in [0, 0.05) is 5.56 Å². The molecule has 158 valence electrons. The molecule has 4 aromatic carbocycles. The molecule has 1 amide bonds. The van der Waals surface area contributed by atoms with E-state index >= 15 is 0 Å². The fourth-order valence-corrected chi connectivity index (χ4v) is 3.42. The average Bonchev–Trinajstić information content (AvgIpc) is 2.81. The number of carbonyl (C=O) groups excluding carboxylic acids is 2. The molecule has 5 nitrogen and oxygen atoms in total. The van der Waals surface area contributed by atoms with Crippen molar-refractivity contribution in [3.8, 4) is 5.75 Å². The minimum absolute atomic E-state index is 0.225. The third-order valence-corrected chi connectivity index (χ3v) is 4.98. The smallest absolute Gasteiger partial charge is 0.343 e. The van der Waals surface area contributed by atoms with Gasteiger partial charge in [0.2, 0.25) is 5.91 Å². The number of esters is 1. The van der Waals surface area contributed by atoms with Crippen LogP contribution < -0.4 is 10.2 Å². The summed E-state index contributed by atoms with van der Waals surface area (Å²) >= 11 is 0. The van der Waals surface area contributed by atoms with Crippen molar-refractivity contribution in [3.63, 3.8) is 0 Å². The minimum Gasteiger partial charge on any atom is -0.422 e. The van der Waals surface area contributed by atoms with E-state index < -0.39 is 5.97 Å². The third kappa shape index (κ3) is 5.08. The Balaban J connectivity index is 1.58. The molecule has 0 fully saturated rings. The fourth-order valence-electron chi connectivity index (χ4n) is 3.42. The largest absolute Gasteiger partial charge is 0.422 e. The molecule has 1 N–H and O–H groups in total. The van der Waals surface area contributed by atoms with Crippen LogP contribution in [-0.2, 0) is 11.2 Å². The van der Waals surface area contributed by atoms with Gasteiger partial charge in [0.1, 0.15) is 5.75 Å². The number of rotatable bonds is 6. The monoisotopic (exact) mass is 422 g/mol. The second kappa shape index (κ2) is 9.71. The topological polar surface area (TPSA) is 67.8 Å². The molecular weight excluding hydrogens is 400 g/mol. The second-order valence-electron chi connectivity index (χ2n) is 7.41. The quantitative estimate of drug-likeness (QED) is 0.204. The number of carbonyl (C=O) groups is 2. The molecule has 0 aromatic heterocycles. The highest BCUT2D eigenvalue weighted by molar-refractivity contribution is 6.04. The summed E-state index contributed by atoms with van der Waals surface area (Å²) in [6, 6.07) is 28.0. The van der Waals surface area contributed by atoms with Crippen molar-refractivity contribution in [3.05, 3.63) is 113 Å². The summed E-state index contributed by atoms with van der Waals surface area (Å²) in [6.45, 7) is 1.92. The van der Waals surface area contributed by atoms with Gasteiger partial charge in [-0.25, -0.2) is 10.2 Å². The van der Waals surface area contributed by atoms with Crippen LogP contribution in [0.25, 0.3) is 10.8 Å². The van der Waals surface area contributed by atoms with Gasteiger partial charge in [-0.05, 0) is 41.5 Å². The number of aryl methyl sites for hydroxylation is 1. The van der Waals surface area contributed by atoms with Crippen molar-refractivity contribution < 1.29 is 14.3 Å². The Hall–Kier alpha value is -4.25. The number of fused-ring (bicyclic) bond motifs is 1. The van der Waals surface area contributed by atoms with Crippen LogP contribution in [0.1, 0.15) is 27.0 Å². The summed E-state index contributed by atoms with van der Waals surface area (Å²) < 4.78 is 5.70. The van der Waals surface area contributed by atoms with Crippen molar-refractivity contribution in [2.45, 2.75) is 13.3 Å². The van der Waals surface area contributed by atoms with Crippen LogP contribution in [0.3, 0.4) is 0 Å². The molecule has 0 unspecified atom stereocenters. The van der Waals surface area contributed by atoms with Gasteiger partial charge in [0.15, 0.2) is 0 Å². The van der Waals surface area contributed by atoms with Gasteiger partial charge < -0.3 is 4.74 Å². The Morgan fingerprint density at radius 1 is 0.906 bits per heavy atom. The minimum atomic E-state index is -0.452. The number of amides is 1.